The molecule has 0 aliphatic carbocycles. The summed E-state index contributed by atoms with van der Waals surface area (Å²) in [4.78, 5) is 15.9. The van der Waals surface area contributed by atoms with Crippen LogP contribution in [0.2, 0.25) is 0 Å². The third-order valence-corrected chi connectivity index (χ3v) is 5.63. The largest absolute Gasteiger partial charge is 0.325 e. The van der Waals surface area contributed by atoms with Crippen molar-refractivity contribution in [2.45, 2.75) is 6.54 Å². The molecule has 0 saturated heterocycles. The van der Waals surface area contributed by atoms with Crippen molar-refractivity contribution >= 4 is 27.2 Å². The van der Waals surface area contributed by atoms with Crippen molar-refractivity contribution in [3.05, 3.63) is 88.0 Å². The third kappa shape index (κ3) is 2.95. The van der Waals surface area contributed by atoms with Crippen LogP contribution in [0.1, 0.15) is 5.69 Å². The summed E-state index contributed by atoms with van der Waals surface area (Å²) in [6.45, 7) is 7.97. The number of nitrogens with two attached hydrogens (primary N) is 1. The number of nitrogens with one attached hydrogen (secondary N) is 1. The summed E-state index contributed by atoms with van der Waals surface area (Å²) in [5.74, 6) is -0.349. The van der Waals surface area contributed by atoms with Gasteiger partial charge in [-0.1, -0.05) is 24.3 Å². The number of aromatic nitrogens is 4. The Hall–Kier alpha value is -4.35. The molecule has 5 aromatic rings. The number of benzene rings is 3. The lowest BCUT2D eigenvalue weighted by Crippen LogP contribution is -2.13. The second kappa shape index (κ2) is 7.41. The molecule has 0 amide bonds. The minimum absolute atomic E-state index is 0.180. The molecule has 5 rings (SSSR count). The third-order valence-electron chi connectivity index (χ3n) is 5.63. The lowest BCUT2D eigenvalue weighted by atomic mass is 9.96. The minimum Gasteiger partial charge on any atom is -0.325 e. The van der Waals surface area contributed by atoms with E-state index in [0.29, 0.717) is 38.5 Å². The summed E-state index contributed by atoms with van der Waals surface area (Å²) >= 11 is 0. The number of hydrogen-bond donors (Lipinski definition) is 2. The Labute approximate surface area is 181 Å². The van der Waals surface area contributed by atoms with Crippen LogP contribution in [-0.2, 0) is 13.6 Å². The molecule has 0 bridgehead atoms. The highest BCUT2D eigenvalue weighted by Gasteiger charge is 2.19. The van der Waals surface area contributed by atoms with E-state index in [2.05, 4.69) is 20.1 Å². The number of halogens is 1. The zero-order valence-corrected chi connectivity index (χ0v) is 17.1. The number of H-pyrrole nitrogens is 1. The first-order valence-electron chi connectivity index (χ1n) is 9.85. The molecule has 0 radical (unpaired) electrons. The van der Waals surface area contributed by atoms with Gasteiger partial charge in [-0.15, -0.1) is 0 Å². The van der Waals surface area contributed by atoms with Gasteiger partial charge in [-0.05, 0) is 40.6 Å². The number of fused-ring (bicyclic) bond motifs is 2. The Morgan fingerprint density at radius 3 is 2.69 bits per heavy atom. The van der Waals surface area contributed by atoms with E-state index in [0.717, 1.165) is 16.8 Å². The van der Waals surface area contributed by atoms with E-state index in [1.807, 2.05) is 18.2 Å². The molecule has 0 saturated carbocycles. The standard InChI is InChI=1S/C24H17FN6O/c1-27-22-16-8-5-15(25)9-13(16)4-7-18(22)23-20(12-28-31(23)2)14-3-6-17-19(10-14)21(11-26)29-30-24(17)32/h3-10,12H,11,26H2,2H3,(H,30,32). The van der Waals surface area contributed by atoms with Crippen molar-refractivity contribution in [2.24, 2.45) is 12.8 Å². The van der Waals surface area contributed by atoms with Crippen LogP contribution in [0.25, 0.3) is 48.8 Å². The van der Waals surface area contributed by atoms with Gasteiger partial charge in [0.2, 0.25) is 5.69 Å². The Morgan fingerprint density at radius 2 is 1.91 bits per heavy atom. The molecule has 0 unspecified atom stereocenters. The van der Waals surface area contributed by atoms with Gasteiger partial charge in [-0.25, -0.2) is 14.3 Å². The zero-order chi connectivity index (χ0) is 22.4. The van der Waals surface area contributed by atoms with Crippen LogP contribution in [0.15, 0.2) is 59.5 Å². The molecule has 0 fully saturated rings. The van der Waals surface area contributed by atoms with Gasteiger partial charge in [0.15, 0.2) is 0 Å². The summed E-state index contributed by atoms with van der Waals surface area (Å²) in [5, 5.41) is 13.5. The average molecular weight is 424 g/mol. The summed E-state index contributed by atoms with van der Waals surface area (Å²) in [5.41, 5.74) is 9.59. The van der Waals surface area contributed by atoms with Crippen molar-refractivity contribution in [1.82, 2.24) is 20.0 Å². The van der Waals surface area contributed by atoms with Gasteiger partial charge < -0.3 is 5.73 Å². The zero-order valence-electron chi connectivity index (χ0n) is 17.1. The van der Waals surface area contributed by atoms with E-state index in [1.54, 1.807) is 36.1 Å². The fourth-order valence-corrected chi connectivity index (χ4v) is 4.11. The van der Waals surface area contributed by atoms with Crippen LogP contribution in [0, 0.1) is 12.4 Å². The maximum atomic E-state index is 13.7. The smallest absolute Gasteiger partial charge is 0.272 e. The van der Waals surface area contributed by atoms with Crippen molar-refractivity contribution in [3.63, 3.8) is 0 Å². The minimum atomic E-state index is -0.349. The lowest BCUT2D eigenvalue weighted by molar-refractivity contribution is 0.630. The Bertz CT molecular complexity index is 1630. The van der Waals surface area contributed by atoms with Crippen molar-refractivity contribution in [1.29, 1.82) is 0 Å². The van der Waals surface area contributed by atoms with Crippen LogP contribution < -0.4 is 11.3 Å². The maximum absolute atomic E-state index is 13.7. The monoisotopic (exact) mass is 424 g/mol. The van der Waals surface area contributed by atoms with Crippen LogP contribution >= 0.6 is 0 Å². The van der Waals surface area contributed by atoms with Crippen molar-refractivity contribution in [3.8, 4) is 22.4 Å². The molecule has 0 spiro atoms. The quantitative estimate of drug-likeness (QED) is 0.423. The lowest BCUT2D eigenvalue weighted by Gasteiger charge is -2.12. The Balaban J connectivity index is 1.78. The highest BCUT2D eigenvalue weighted by Crippen LogP contribution is 2.41. The van der Waals surface area contributed by atoms with Crippen molar-refractivity contribution < 1.29 is 4.39 Å². The van der Waals surface area contributed by atoms with Crippen molar-refractivity contribution in [2.75, 3.05) is 0 Å². The van der Waals surface area contributed by atoms with Gasteiger partial charge in [0.25, 0.3) is 5.56 Å². The maximum Gasteiger partial charge on any atom is 0.272 e. The Morgan fingerprint density at radius 1 is 1.09 bits per heavy atom. The number of aryl methyl sites for hydroxylation is 1. The van der Waals surface area contributed by atoms with Gasteiger partial charge >= 0.3 is 0 Å². The number of rotatable bonds is 3. The summed E-state index contributed by atoms with van der Waals surface area (Å²) < 4.78 is 15.4. The second-order valence-electron chi connectivity index (χ2n) is 7.43. The normalized spacial score (nSPS) is 11.2. The van der Waals surface area contributed by atoms with Crippen LogP contribution in [0.4, 0.5) is 10.1 Å². The first-order chi connectivity index (χ1) is 15.5. The van der Waals surface area contributed by atoms with Crippen LogP contribution in [0.3, 0.4) is 0 Å². The topological polar surface area (TPSA) is 93.9 Å². The molecule has 0 aliphatic heterocycles. The first kappa shape index (κ1) is 19.6. The molecule has 3 N–H and O–H groups in total. The van der Waals surface area contributed by atoms with Gasteiger partial charge in [0.05, 0.1) is 29.5 Å². The number of hydrogen-bond acceptors (Lipinski definition) is 4. The fraction of sp³-hybridized carbons (Fsp3) is 0.0833. The van der Waals surface area contributed by atoms with Gasteiger partial charge in [-0.2, -0.15) is 10.2 Å². The molecule has 0 atom stereocenters. The van der Waals surface area contributed by atoms with E-state index >= 15 is 0 Å². The molecule has 0 aliphatic rings. The summed E-state index contributed by atoms with van der Waals surface area (Å²) in [6.07, 6.45) is 1.72. The van der Waals surface area contributed by atoms with E-state index in [4.69, 9.17) is 12.3 Å². The molecular weight excluding hydrogens is 407 g/mol. The van der Waals surface area contributed by atoms with E-state index in [9.17, 15) is 9.18 Å². The molecule has 32 heavy (non-hydrogen) atoms. The second-order valence-corrected chi connectivity index (χ2v) is 7.43. The van der Waals surface area contributed by atoms with Gasteiger partial charge in [0.1, 0.15) is 5.82 Å². The molecule has 2 aromatic heterocycles. The van der Waals surface area contributed by atoms with Crippen LogP contribution in [-0.4, -0.2) is 20.0 Å². The first-order valence-corrected chi connectivity index (χ1v) is 9.85. The number of nitrogens with zero attached hydrogens (tertiary/aromatic N) is 4. The van der Waals surface area contributed by atoms with Gasteiger partial charge in [0, 0.05) is 30.1 Å². The number of aromatic amines is 1. The highest BCUT2D eigenvalue weighted by molar-refractivity contribution is 6.04. The predicted octanol–water partition coefficient (Wildman–Crippen LogP) is 4.29. The average Bonchev–Trinajstić information content (AvgIpc) is 3.19. The molecule has 3 aromatic carbocycles. The molecule has 7 nitrogen and oxygen atoms in total. The van der Waals surface area contributed by atoms with E-state index < -0.39 is 0 Å². The molecule has 156 valence electrons. The Kier molecular flexibility index (Phi) is 4.54. The molecular formula is C24H17FN6O. The summed E-state index contributed by atoms with van der Waals surface area (Å²) in [6, 6.07) is 13.5. The van der Waals surface area contributed by atoms with E-state index in [1.165, 1.54) is 12.1 Å². The predicted molar refractivity (Wildman–Crippen MR) is 122 cm³/mol. The molecule has 2 heterocycles. The highest BCUT2D eigenvalue weighted by atomic mass is 19.1. The summed E-state index contributed by atoms with van der Waals surface area (Å²) in [7, 11) is 1.81. The van der Waals surface area contributed by atoms with Crippen LogP contribution in [0.5, 0.6) is 0 Å². The SMILES string of the molecule is [C-]#[N+]c1c(-c2c(-c3ccc4c(=O)[nH]nc(CN)c4c3)cnn2C)ccc2cc(F)ccc12. The van der Waals surface area contributed by atoms with E-state index in [-0.39, 0.29) is 17.9 Å². The van der Waals surface area contributed by atoms with Gasteiger partial charge in [-0.3, -0.25) is 9.48 Å². The fourth-order valence-electron chi connectivity index (χ4n) is 4.11. The molecule has 8 heteroatoms.